The lowest BCUT2D eigenvalue weighted by molar-refractivity contribution is -0.128. The summed E-state index contributed by atoms with van der Waals surface area (Å²) in [5, 5.41) is 18.0. The Labute approximate surface area is 195 Å². The minimum absolute atomic E-state index is 0.0846. The fourth-order valence-corrected chi connectivity index (χ4v) is 4.40. The molecule has 2 fully saturated rings. The van der Waals surface area contributed by atoms with Crippen LogP contribution in [0.15, 0.2) is 18.2 Å². The van der Waals surface area contributed by atoms with Crippen molar-refractivity contribution in [3.8, 4) is 6.07 Å². The van der Waals surface area contributed by atoms with Crippen LogP contribution in [0.5, 0.6) is 0 Å². The molecule has 2 aliphatic rings. The highest BCUT2D eigenvalue weighted by Gasteiger charge is 2.33. The number of hydrogen-bond donors (Lipinski definition) is 4. The van der Waals surface area contributed by atoms with E-state index in [1.807, 2.05) is 0 Å². The van der Waals surface area contributed by atoms with Crippen LogP contribution in [0.2, 0.25) is 5.02 Å². The van der Waals surface area contributed by atoms with Crippen LogP contribution in [0.3, 0.4) is 0 Å². The third kappa shape index (κ3) is 5.45. The predicted octanol–water partition coefficient (Wildman–Crippen LogP) is 2.78. The van der Waals surface area contributed by atoms with Crippen LogP contribution in [-0.4, -0.2) is 41.3 Å². The molecule has 3 atom stereocenters. The molecule has 3 amide bonds. The minimum Gasteiger partial charge on any atom is -0.356 e. The lowest BCUT2D eigenvalue weighted by Gasteiger charge is -2.25. The van der Waals surface area contributed by atoms with Gasteiger partial charge in [0.05, 0.1) is 11.1 Å². The number of rotatable bonds is 8. The predicted molar refractivity (Wildman–Crippen MR) is 120 cm³/mol. The Morgan fingerprint density at radius 2 is 2.03 bits per heavy atom. The number of carbonyl (C=O) groups is 3. The topological polar surface area (TPSA) is 127 Å². The number of H-pyrrole nitrogens is 1. The Balaban J connectivity index is 1.44. The van der Waals surface area contributed by atoms with E-state index in [-0.39, 0.29) is 29.0 Å². The first-order valence-corrected chi connectivity index (χ1v) is 11.5. The largest absolute Gasteiger partial charge is 0.356 e. The standard InChI is InChI=1S/C23H25ClFN5O3/c24-20-15-10-19(29-17(15)6-5-16(20)25)23(33)30-18(8-12-3-4-12)22(32)28-14(11-26)9-13-2-1-7-27-21(13)31/h5-6,10,12-14,18,29H,1-4,7-9H2,(H,27,31)(H,28,32)(H,30,33)/t13-,14?,18?/m0/s1. The molecule has 2 unspecified atom stereocenters. The summed E-state index contributed by atoms with van der Waals surface area (Å²) in [7, 11) is 0. The number of carbonyl (C=O) groups excluding carboxylic acids is 3. The maximum absolute atomic E-state index is 13.7. The van der Waals surface area contributed by atoms with Gasteiger partial charge in [-0.2, -0.15) is 5.26 Å². The van der Waals surface area contributed by atoms with Crippen molar-refractivity contribution in [1.29, 1.82) is 5.26 Å². The summed E-state index contributed by atoms with van der Waals surface area (Å²) in [5.41, 5.74) is 0.659. The van der Waals surface area contributed by atoms with E-state index in [4.69, 9.17) is 11.6 Å². The van der Waals surface area contributed by atoms with Crippen molar-refractivity contribution < 1.29 is 18.8 Å². The number of halogens is 2. The lowest BCUT2D eigenvalue weighted by Crippen LogP contribution is -2.50. The molecule has 1 aromatic heterocycles. The maximum atomic E-state index is 13.7. The summed E-state index contributed by atoms with van der Waals surface area (Å²) in [6, 6.07) is 4.53. The summed E-state index contributed by atoms with van der Waals surface area (Å²) in [5.74, 6) is -1.67. The number of benzene rings is 1. The van der Waals surface area contributed by atoms with Gasteiger partial charge < -0.3 is 20.9 Å². The zero-order valence-electron chi connectivity index (χ0n) is 17.9. The second-order valence-electron chi connectivity index (χ2n) is 8.77. The highest BCUT2D eigenvalue weighted by molar-refractivity contribution is 6.35. The van der Waals surface area contributed by atoms with Crippen LogP contribution >= 0.6 is 11.6 Å². The fraction of sp³-hybridized carbons (Fsp3) is 0.478. The first-order chi connectivity index (χ1) is 15.9. The van der Waals surface area contributed by atoms with Crippen LogP contribution in [0.25, 0.3) is 10.9 Å². The molecular weight excluding hydrogens is 449 g/mol. The smallest absolute Gasteiger partial charge is 0.268 e. The van der Waals surface area contributed by atoms with E-state index in [0.717, 1.165) is 19.3 Å². The van der Waals surface area contributed by atoms with Gasteiger partial charge in [-0.1, -0.05) is 24.4 Å². The quantitative estimate of drug-likeness (QED) is 0.470. The second-order valence-corrected chi connectivity index (χ2v) is 9.14. The zero-order valence-corrected chi connectivity index (χ0v) is 18.7. The molecule has 0 radical (unpaired) electrons. The number of nitrogens with zero attached hydrogens (tertiary/aromatic N) is 1. The van der Waals surface area contributed by atoms with E-state index in [1.54, 1.807) is 0 Å². The first kappa shape index (κ1) is 23.1. The fourth-order valence-electron chi connectivity index (χ4n) is 4.18. The number of nitriles is 1. The number of nitrogens with one attached hydrogen (secondary N) is 4. The van der Waals surface area contributed by atoms with Gasteiger partial charge in [0.15, 0.2) is 0 Å². The Morgan fingerprint density at radius 3 is 2.73 bits per heavy atom. The van der Waals surface area contributed by atoms with Crippen LogP contribution in [0, 0.1) is 29.0 Å². The number of amides is 3. The number of aromatic nitrogens is 1. The van der Waals surface area contributed by atoms with Crippen molar-refractivity contribution in [3.63, 3.8) is 0 Å². The summed E-state index contributed by atoms with van der Waals surface area (Å²) < 4.78 is 13.7. The molecular formula is C23H25ClFN5O3. The van der Waals surface area contributed by atoms with E-state index in [9.17, 15) is 24.0 Å². The van der Waals surface area contributed by atoms with Crippen LogP contribution in [0.1, 0.15) is 49.0 Å². The van der Waals surface area contributed by atoms with E-state index in [1.165, 1.54) is 18.2 Å². The third-order valence-electron chi connectivity index (χ3n) is 6.21. The third-order valence-corrected chi connectivity index (χ3v) is 6.60. The van der Waals surface area contributed by atoms with Crippen LogP contribution in [0.4, 0.5) is 4.39 Å². The number of fused-ring (bicyclic) bond motifs is 1. The Bertz CT molecular complexity index is 1120. The second kappa shape index (κ2) is 9.79. The summed E-state index contributed by atoms with van der Waals surface area (Å²) in [4.78, 5) is 40.8. The molecule has 33 heavy (non-hydrogen) atoms. The summed E-state index contributed by atoms with van der Waals surface area (Å²) in [6.07, 6.45) is 4.14. The van der Waals surface area contributed by atoms with E-state index >= 15 is 0 Å². The normalized spacial score (nSPS) is 19.9. The van der Waals surface area contributed by atoms with Crippen LogP contribution < -0.4 is 16.0 Å². The Kier molecular flexibility index (Phi) is 6.84. The average molecular weight is 474 g/mol. The van der Waals surface area contributed by atoms with E-state index in [2.05, 4.69) is 27.0 Å². The Hall–Kier alpha value is -3.12. The molecule has 1 saturated heterocycles. The van der Waals surface area contributed by atoms with Crippen molar-refractivity contribution in [3.05, 3.63) is 34.7 Å². The molecule has 1 aliphatic heterocycles. The van der Waals surface area contributed by atoms with Crippen molar-refractivity contribution in [2.45, 2.75) is 50.6 Å². The molecule has 1 aromatic carbocycles. The van der Waals surface area contributed by atoms with Crippen molar-refractivity contribution in [2.24, 2.45) is 11.8 Å². The highest BCUT2D eigenvalue weighted by atomic mass is 35.5. The van der Waals surface area contributed by atoms with Gasteiger partial charge in [-0.25, -0.2) is 4.39 Å². The van der Waals surface area contributed by atoms with Gasteiger partial charge in [-0.3, -0.25) is 14.4 Å². The molecule has 1 aliphatic carbocycles. The summed E-state index contributed by atoms with van der Waals surface area (Å²) >= 11 is 5.99. The minimum atomic E-state index is -0.834. The molecule has 4 rings (SSSR count). The maximum Gasteiger partial charge on any atom is 0.268 e. The molecule has 1 saturated carbocycles. The van der Waals surface area contributed by atoms with Crippen molar-refractivity contribution >= 4 is 40.2 Å². The number of aromatic amines is 1. The van der Waals surface area contributed by atoms with Gasteiger partial charge in [0.25, 0.3) is 5.91 Å². The van der Waals surface area contributed by atoms with Gasteiger partial charge in [-0.15, -0.1) is 0 Å². The molecule has 2 heterocycles. The monoisotopic (exact) mass is 473 g/mol. The SMILES string of the molecule is N#CC(C[C@@H]1CCCNC1=O)NC(=O)C(CC1CC1)NC(=O)c1cc2c(Cl)c(F)ccc2[nH]1. The van der Waals surface area contributed by atoms with Gasteiger partial charge >= 0.3 is 0 Å². The van der Waals surface area contributed by atoms with E-state index in [0.29, 0.717) is 36.2 Å². The molecule has 10 heteroatoms. The molecule has 174 valence electrons. The molecule has 0 spiro atoms. The molecule has 0 bridgehead atoms. The van der Waals surface area contributed by atoms with Gasteiger partial charge in [-0.05, 0) is 49.8 Å². The number of hydrogen-bond acceptors (Lipinski definition) is 4. The summed E-state index contributed by atoms with van der Waals surface area (Å²) in [6.45, 7) is 0.625. The first-order valence-electron chi connectivity index (χ1n) is 11.1. The average Bonchev–Trinajstić information content (AvgIpc) is 3.51. The van der Waals surface area contributed by atoms with Gasteiger partial charge in [0, 0.05) is 23.4 Å². The van der Waals surface area contributed by atoms with Crippen molar-refractivity contribution in [2.75, 3.05) is 6.54 Å². The van der Waals surface area contributed by atoms with E-state index < -0.39 is 29.7 Å². The van der Waals surface area contributed by atoms with Crippen molar-refractivity contribution in [1.82, 2.24) is 20.9 Å². The molecule has 2 aromatic rings. The zero-order chi connectivity index (χ0) is 23.5. The molecule has 8 nitrogen and oxygen atoms in total. The van der Waals surface area contributed by atoms with Gasteiger partial charge in [0.2, 0.25) is 11.8 Å². The van der Waals surface area contributed by atoms with Gasteiger partial charge in [0.1, 0.15) is 23.6 Å². The highest BCUT2D eigenvalue weighted by Crippen LogP contribution is 2.34. The van der Waals surface area contributed by atoms with Crippen LogP contribution in [-0.2, 0) is 9.59 Å². The Morgan fingerprint density at radius 1 is 1.24 bits per heavy atom. The lowest BCUT2D eigenvalue weighted by atomic mass is 9.92. The molecule has 4 N–H and O–H groups in total. The number of piperidine rings is 1.